The number of sulfonamides is 1. The summed E-state index contributed by atoms with van der Waals surface area (Å²) in [6.07, 6.45) is 0.711. The van der Waals surface area contributed by atoms with Crippen molar-refractivity contribution in [1.29, 1.82) is 0 Å². The average Bonchev–Trinajstić information content (AvgIpc) is 2.52. The van der Waals surface area contributed by atoms with Crippen molar-refractivity contribution < 1.29 is 22.7 Å². The van der Waals surface area contributed by atoms with Crippen LogP contribution in [-0.2, 0) is 19.6 Å². The van der Waals surface area contributed by atoms with E-state index in [2.05, 4.69) is 5.32 Å². The van der Waals surface area contributed by atoms with E-state index >= 15 is 0 Å². The van der Waals surface area contributed by atoms with Gasteiger partial charge in [-0.15, -0.1) is 0 Å². The van der Waals surface area contributed by atoms with Crippen LogP contribution in [0.4, 0.5) is 0 Å². The lowest BCUT2D eigenvalue weighted by atomic mass is 10.0. The van der Waals surface area contributed by atoms with Crippen LogP contribution in [0, 0.1) is 0 Å². The molecule has 25 heavy (non-hydrogen) atoms. The molecule has 1 aromatic rings. The van der Waals surface area contributed by atoms with Gasteiger partial charge in [0.1, 0.15) is 0 Å². The lowest BCUT2D eigenvalue weighted by molar-refractivity contribution is -0.125. The van der Waals surface area contributed by atoms with Crippen molar-refractivity contribution in [2.24, 2.45) is 0 Å². The molecule has 1 amide bonds. The van der Waals surface area contributed by atoms with Crippen molar-refractivity contribution in [2.75, 3.05) is 20.7 Å². The molecule has 0 saturated heterocycles. The number of halogens is 1. The first-order valence-electron chi connectivity index (χ1n) is 7.61. The molecule has 0 aliphatic rings. The minimum atomic E-state index is -3.72. The minimum Gasteiger partial charge on any atom is -0.452 e. The molecule has 140 valence electrons. The lowest BCUT2D eigenvalue weighted by Crippen LogP contribution is -2.44. The Balaban J connectivity index is 2.91. The molecule has 0 aliphatic carbocycles. The summed E-state index contributed by atoms with van der Waals surface area (Å²) in [5.41, 5.74) is -0.534. The summed E-state index contributed by atoms with van der Waals surface area (Å²) < 4.78 is 30.2. The molecule has 0 unspecified atom stereocenters. The second kappa shape index (κ2) is 8.16. The molecule has 0 aromatic heterocycles. The fourth-order valence-corrected chi connectivity index (χ4v) is 2.87. The maximum absolute atomic E-state index is 12.2. The highest BCUT2D eigenvalue weighted by molar-refractivity contribution is 7.89. The Kier molecular flexibility index (Phi) is 6.99. The molecular formula is C16H23ClN2O5S. The standard InChI is InChI=1S/C16H23ClN2O5S/c1-6-16(2,3)18-14(20)10-24-15(21)12-9-11(7-8-13(12)17)25(22,23)19(4)5/h7-9H,6,10H2,1-5H3,(H,18,20). The van der Waals surface area contributed by atoms with Gasteiger partial charge in [-0.25, -0.2) is 17.5 Å². The predicted octanol–water partition coefficient (Wildman–Crippen LogP) is 2.05. The van der Waals surface area contributed by atoms with Crippen LogP contribution >= 0.6 is 11.6 Å². The molecule has 1 aromatic carbocycles. The normalized spacial score (nSPS) is 12.1. The molecule has 0 spiro atoms. The molecule has 0 fully saturated rings. The van der Waals surface area contributed by atoms with Gasteiger partial charge in [0.25, 0.3) is 5.91 Å². The van der Waals surface area contributed by atoms with E-state index in [0.717, 1.165) is 10.4 Å². The Hall–Kier alpha value is -1.64. The Morgan fingerprint density at radius 3 is 2.40 bits per heavy atom. The summed E-state index contributed by atoms with van der Waals surface area (Å²) in [6, 6.07) is 3.73. The number of amides is 1. The monoisotopic (exact) mass is 390 g/mol. The molecule has 1 N–H and O–H groups in total. The number of esters is 1. The maximum atomic E-state index is 12.2. The summed E-state index contributed by atoms with van der Waals surface area (Å²) >= 11 is 5.96. The van der Waals surface area contributed by atoms with Crippen LogP contribution in [0.3, 0.4) is 0 Å². The van der Waals surface area contributed by atoms with Gasteiger partial charge in [0.15, 0.2) is 6.61 Å². The topological polar surface area (TPSA) is 92.8 Å². The molecule has 7 nitrogen and oxygen atoms in total. The maximum Gasteiger partial charge on any atom is 0.340 e. The molecule has 0 heterocycles. The van der Waals surface area contributed by atoms with Crippen molar-refractivity contribution in [1.82, 2.24) is 9.62 Å². The second-order valence-corrected chi connectivity index (χ2v) is 8.85. The zero-order valence-electron chi connectivity index (χ0n) is 14.9. The molecule has 0 bridgehead atoms. The highest BCUT2D eigenvalue weighted by atomic mass is 35.5. The van der Waals surface area contributed by atoms with Gasteiger partial charge >= 0.3 is 5.97 Å². The van der Waals surface area contributed by atoms with Crippen LogP contribution in [0.5, 0.6) is 0 Å². The minimum absolute atomic E-state index is 0.0389. The summed E-state index contributed by atoms with van der Waals surface area (Å²) in [6.45, 7) is 5.13. The number of hydrogen-bond donors (Lipinski definition) is 1. The van der Waals surface area contributed by atoms with E-state index < -0.39 is 34.0 Å². The van der Waals surface area contributed by atoms with E-state index in [-0.39, 0.29) is 15.5 Å². The van der Waals surface area contributed by atoms with Gasteiger partial charge in [-0.3, -0.25) is 4.79 Å². The van der Waals surface area contributed by atoms with Crippen LogP contribution in [0.2, 0.25) is 5.02 Å². The Labute approximate surface area is 153 Å². The fourth-order valence-electron chi connectivity index (χ4n) is 1.74. The molecule has 0 atom stereocenters. The van der Waals surface area contributed by atoms with Crippen LogP contribution in [0.25, 0.3) is 0 Å². The van der Waals surface area contributed by atoms with E-state index in [9.17, 15) is 18.0 Å². The van der Waals surface area contributed by atoms with E-state index in [0.29, 0.717) is 6.42 Å². The Bertz CT molecular complexity index is 760. The van der Waals surface area contributed by atoms with Gasteiger partial charge in [0, 0.05) is 19.6 Å². The first-order valence-corrected chi connectivity index (χ1v) is 9.42. The van der Waals surface area contributed by atoms with Gasteiger partial charge < -0.3 is 10.1 Å². The van der Waals surface area contributed by atoms with Crippen molar-refractivity contribution >= 4 is 33.5 Å². The third-order valence-electron chi connectivity index (χ3n) is 3.63. The van der Waals surface area contributed by atoms with E-state index in [1.54, 1.807) is 0 Å². The number of nitrogens with zero attached hydrogens (tertiary/aromatic N) is 1. The Morgan fingerprint density at radius 1 is 1.28 bits per heavy atom. The van der Waals surface area contributed by atoms with Gasteiger partial charge in [-0.05, 0) is 38.5 Å². The fraction of sp³-hybridized carbons (Fsp3) is 0.500. The van der Waals surface area contributed by atoms with Gasteiger partial charge in [0.05, 0.1) is 15.5 Å². The molecule has 0 radical (unpaired) electrons. The van der Waals surface area contributed by atoms with Gasteiger partial charge in [-0.2, -0.15) is 0 Å². The summed E-state index contributed by atoms with van der Waals surface area (Å²) in [5, 5.41) is 2.77. The summed E-state index contributed by atoms with van der Waals surface area (Å²) in [4.78, 5) is 23.9. The summed E-state index contributed by atoms with van der Waals surface area (Å²) in [7, 11) is -0.967. The number of hydrogen-bond acceptors (Lipinski definition) is 5. The highest BCUT2D eigenvalue weighted by Gasteiger charge is 2.23. The van der Waals surface area contributed by atoms with Crippen LogP contribution in [0.1, 0.15) is 37.6 Å². The number of carbonyl (C=O) groups is 2. The molecule has 0 saturated carbocycles. The molecule has 9 heteroatoms. The molecular weight excluding hydrogens is 368 g/mol. The third kappa shape index (κ3) is 5.69. The molecule has 0 aliphatic heterocycles. The number of nitrogens with one attached hydrogen (secondary N) is 1. The van der Waals surface area contributed by atoms with E-state index in [1.165, 1.54) is 26.2 Å². The zero-order valence-corrected chi connectivity index (χ0v) is 16.5. The number of ether oxygens (including phenoxy) is 1. The largest absolute Gasteiger partial charge is 0.452 e. The second-order valence-electron chi connectivity index (χ2n) is 6.29. The number of carbonyl (C=O) groups excluding carboxylic acids is 2. The zero-order chi connectivity index (χ0) is 19.4. The van der Waals surface area contributed by atoms with Crippen LogP contribution in [-0.4, -0.2) is 50.8 Å². The van der Waals surface area contributed by atoms with Crippen molar-refractivity contribution in [3.63, 3.8) is 0 Å². The number of rotatable bonds is 7. The van der Waals surface area contributed by atoms with Crippen molar-refractivity contribution in [3.05, 3.63) is 28.8 Å². The van der Waals surface area contributed by atoms with E-state index in [4.69, 9.17) is 16.3 Å². The average molecular weight is 391 g/mol. The van der Waals surface area contributed by atoms with Gasteiger partial charge in [-0.1, -0.05) is 18.5 Å². The molecule has 1 rings (SSSR count). The van der Waals surface area contributed by atoms with Gasteiger partial charge in [0.2, 0.25) is 10.0 Å². The smallest absolute Gasteiger partial charge is 0.340 e. The Morgan fingerprint density at radius 2 is 1.88 bits per heavy atom. The van der Waals surface area contributed by atoms with Crippen molar-refractivity contribution in [3.8, 4) is 0 Å². The third-order valence-corrected chi connectivity index (χ3v) is 5.77. The first-order chi connectivity index (χ1) is 11.4. The van der Waals surface area contributed by atoms with Crippen molar-refractivity contribution in [2.45, 2.75) is 37.6 Å². The highest BCUT2D eigenvalue weighted by Crippen LogP contribution is 2.22. The van der Waals surface area contributed by atoms with E-state index in [1.807, 2.05) is 20.8 Å². The van der Waals surface area contributed by atoms with Crippen LogP contribution < -0.4 is 5.32 Å². The number of benzene rings is 1. The first kappa shape index (κ1) is 21.4. The predicted molar refractivity (Wildman–Crippen MR) is 95.1 cm³/mol. The quantitative estimate of drug-likeness (QED) is 0.719. The SMILES string of the molecule is CCC(C)(C)NC(=O)COC(=O)c1cc(S(=O)(=O)N(C)C)ccc1Cl. The lowest BCUT2D eigenvalue weighted by Gasteiger charge is -2.24. The summed E-state index contributed by atoms with van der Waals surface area (Å²) in [5.74, 6) is -1.32. The van der Waals surface area contributed by atoms with Crippen LogP contribution in [0.15, 0.2) is 23.1 Å².